The molecule has 0 aromatic heterocycles. The van der Waals surface area contributed by atoms with E-state index >= 15 is 19.2 Å². The lowest BCUT2D eigenvalue weighted by Gasteiger charge is -2.41. The van der Waals surface area contributed by atoms with Gasteiger partial charge >= 0.3 is 23.9 Å². The second-order valence-corrected chi connectivity index (χ2v) is 17.6. The quantitative estimate of drug-likeness (QED) is 0.0354. The van der Waals surface area contributed by atoms with E-state index in [-0.39, 0.29) is 11.1 Å². The first-order valence-corrected chi connectivity index (χ1v) is 21.1. The third-order valence-electron chi connectivity index (χ3n) is 11.3. The van der Waals surface area contributed by atoms with Crippen molar-refractivity contribution in [3.63, 3.8) is 0 Å². The van der Waals surface area contributed by atoms with Crippen LogP contribution >= 0.6 is 0 Å². The predicted molar refractivity (Wildman–Crippen MR) is 239 cm³/mol. The van der Waals surface area contributed by atoms with Gasteiger partial charge in [-0.25, -0.2) is 19.2 Å². The van der Waals surface area contributed by atoms with Gasteiger partial charge in [0.15, 0.2) is 5.78 Å². The molecule has 0 spiro atoms. The zero-order valence-electron chi connectivity index (χ0n) is 38.0. The van der Waals surface area contributed by atoms with Crippen molar-refractivity contribution in [3.05, 3.63) is 203 Å². The Labute approximate surface area is 383 Å². The number of hydrogen-bond acceptors (Lipinski definition) is 13. The van der Waals surface area contributed by atoms with Crippen LogP contribution in [0.25, 0.3) is 0 Å². The summed E-state index contributed by atoms with van der Waals surface area (Å²) in [5, 5.41) is 0. The molecule has 342 valence electrons. The van der Waals surface area contributed by atoms with Crippen molar-refractivity contribution in [2.24, 2.45) is 10.8 Å². The second-order valence-electron chi connectivity index (χ2n) is 17.6. The fourth-order valence-electron chi connectivity index (χ4n) is 7.08. The minimum Gasteiger partial charge on any atom is -0.296 e. The first-order chi connectivity index (χ1) is 31.3. The molecule has 13 nitrogen and oxygen atoms in total. The Morgan fingerprint density at radius 3 is 0.909 bits per heavy atom. The molecule has 0 fully saturated rings. The third kappa shape index (κ3) is 10.1. The highest BCUT2D eigenvalue weighted by Gasteiger charge is 2.75. The zero-order chi connectivity index (χ0) is 47.8. The number of carbonyl (C=O) groups excluding carboxylic acids is 5. The lowest BCUT2D eigenvalue weighted by molar-refractivity contribution is -0.360. The minimum absolute atomic E-state index is 0.116. The van der Waals surface area contributed by atoms with E-state index in [1.165, 1.54) is 12.1 Å². The van der Waals surface area contributed by atoms with Gasteiger partial charge < -0.3 is 0 Å². The molecule has 0 bridgehead atoms. The summed E-state index contributed by atoms with van der Waals surface area (Å²) >= 11 is 0. The molecule has 0 atom stereocenters. The Kier molecular flexibility index (Phi) is 14.4. The van der Waals surface area contributed by atoms with Gasteiger partial charge in [-0.05, 0) is 83.7 Å². The van der Waals surface area contributed by atoms with Crippen molar-refractivity contribution >= 4 is 29.7 Å². The summed E-state index contributed by atoms with van der Waals surface area (Å²) in [6.45, 7) is 12.6. The van der Waals surface area contributed by atoms with Crippen LogP contribution in [0.5, 0.6) is 0 Å². The van der Waals surface area contributed by atoms with Crippen molar-refractivity contribution in [2.75, 3.05) is 0 Å². The Hall–Kier alpha value is -7.03. The van der Waals surface area contributed by atoms with Gasteiger partial charge in [0.1, 0.15) is 22.4 Å². The van der Waals surface area contributed by atoms with Gasteiger partial charge in [0.2, 0.25) is 10.8 Å². The van der Waals surface area contributed by atoms with Gasteiger partial charge in [-0.1, -0.05) is 164 Å². The average Bonchev–Trinajstić information content (AvgIpc) is 3.34. The van der Waals surface area contributed by atoms with E-state index in [0.717, 1.165) is 18.2 Å². The normalized spacial score (nSPS) is 14.6. The standard InChI is InChI=1S/C53H52O13/c1-48(2,39-26-16-10-17-27-39)63-59-44(55)52(45(56)60-64-49(3,4)40-28-18-11-19-29-40)35-34-38(43(54)37-24-14-9-15-25-37)36-53(52,46(57)61-65-50(5,6)41-30-20-12-21-31-41)47(58)62-66-51(7,8)42-32-22-13-23-33-42/h9-36H,1-8H3. The maximum absolute atomic E-state index is 15.4. The molecule has 0 N–H and O–H groups in total. The highest BCUT2D eigenvalue weighted by molar-refractivity contribution is 6.20. The first kappa shape index (κ1) is 48.4. The van der Waals surface area contributed by atoms with Gasteiger partial charge in [-0.15, -0.1) is 0 Å². The fraction of sp³-hybridized carbons (Fsp3) is 0.264. The number of Topliss-reactive ketones (excluding diaryl/α,β-unsaturated/α-hetero) is 1. The summed E-state index contributed by atoms with van der Waals surface area (Å²) in [6.07, 6.45) is 2.67. The van der Waals surface area contributed by atoms with Crippen LogP contribution in [0, 0.1) is 10.8 Å². The third-order valence-corrected chi connectivity index (χ3v) is 11.3. The van der Waals surface area contributed by atoms with Crippen LogP contribution in [0.3, 0.4) is 0 Å². The van der Waals surface area contributed by atoms with Crippen molar-refractivity contribution in [2.45, 2.75) is 77.8 Å². The summed E-state index contributed by atoms with van der Waals surface area (Å²) in [7, 11) is 0. The highest BCUT2D eigenvalue weighted by Crippen LogP contribution is 2.52. The minimum atomic E-state index is -3.42. The fourth-order valence-corrected chi connectivity index (χ4v) is 7.08. The number of hydrogen-bond donors (Lipinski definition) is 0. The van der Waals surface area contributed by atoms with Crippen LogP contribution in [0.2, 0.25) is 0 Å². The van der Waals surface area contributed by atoms with Crippen molar-refractivity contribution in [3.8, 4) is 0 Å². The Morgan fingerprint density at radius 1 is 0.364 bits per heavy atom. The molecule has 0 radical (unpaired) electrons. The first-order valence-electron chi connectivity index (χ1n) is 21.1. The van der Waals surface area contributed by atoms with Crippen LogP contribution in [0.1, 0.15) is 88.0 Å². The lowest BCUT2D eigenvalue weighted by atomic mass is 9.59. The molecule has 0 saturated heterocycles. The summed E-state index contributed by atoms with van der Waals surface area (Å²) in [6, 6.07) is 42.5. The van der Waals surface area contributed by atoms with E-state index in [0.29, 0.717) is 22.3 Å². The molecule has 0 amide bonds. The van der Waals surface area contributed by atoms with E-state index in [9.17, 15) is 4.79 Å². The van der Waals surface area contributed by atoms with Crippen LogP contribution in [-0.2, 0) is 80.7 Å². The average molecular weight is 897 g/mol. The van der Waals surface area contributed by atoms with Crippen molar-refractivity contribution < 1.29 is 63.1 Å². The molecule has 5 aromatic carbocycles. The molecular weight excluding hydrogens is 845 g/mol. The summed E-state index contributed by atoms with van der Waals surface area (Å²) in [5.74, 6) is -7.55. The maximum Gasteiger partial charge on any atom is 0.365 e. The van der Waals surface area contributed by atoms with Crippen LogP contribution in [0.15, 0.2) is 175 Å². The molecule has 6 rings (SSSR count). The number of benzene rings is 5. The van der Waals surface area contributed by atoms with E-state index in [1.807, 2.05) is 0 Å². The molecule has 1 aliphatic carbocycles. The van der Waals surface area contributed by atoms with Gasteiger partial charge in [-0.2, -0.15) is 19.6 Å². The molecule has 0 saturated carbocycles. The number of rotatable bonds is 18. The van der Waals surface area contributed by atoms with E-state index in [2.05, 4.69) is 0 Å². The largest absolute Gasteiger partial charge is 0.365 e. The Balaban J connectivity index is 1.57. The molecular formula is C53H52O13. The monoisotopic (exact) mass is 896 g/mol. The van der Waals surface area contributed by atoms with Gasteiger partial charge in [0.25, 0.3) is 0 Å². The molecule has 1 aliphatic rings. The van der Waals surface area contributed by atoms with Crippen LogP contribution in [-0.4, -0.2) is 29.7 Å². The van der Waals surface area contributed by atoms with E-state index in [4.69, 9.17) is 39.1 Å². The molecule has 13 heteroatoms. The molecule has 66 heavy (non-hydrogen) atoms. The summed E-state index contributed by atoms with van der Waals surface area (Å²) < 4.78 is 0. The lowest BCUT2D eigenvalue weighted by Crippen LogP contribution is -2.62. The summed E-state index contributed by atoms with van der Waals surface area (Å²) in [5.41, 5.74) is -10.5. The van der Waals surface area contributed by atoms with Crippen LogP contribution < -0.4 is 0 Å². The predicted octanol–water partition coefficient (Wildman–Crippen LogP) is 9.98. The van der Waals surface area contributed by atoms with Gasteiger partial charge in [0.05, 0.1) is 0 Å². The number of carbonyl (C=O) groups is 5. The molecule has 0 heterocycles. The van der Waals surface area contributed by atoms with Crippen molar-refractivity contribution in [1.82, 2.24) is 0 Å². The molecule has 0 unspecified atom stereocenters. The van der Waals surface area contributed by atoms with E-state index in [1.54, 1.807) is 195 Å². The topological polar surface area (TPSA) is 159 Å². The van der Waals surface area contributed by atoms with E-state index < -0.39 is 62.9 Å². The second kappa shape index (κ2) is 19.6. The van der Waals surface area contributed by atoms with Crippen molar-refractivity contribution in [1.29, 1.82) is 0 Å². The Morgan fingerprint density at radius 2 is 0.621 bits per heavy atom. The summed E-state index contributed by atoms with van der Waals surface area (Å²) in [4.78, 5) is 121. The SMILES string of the molecule is CC(C)(OOC(=O)C1(C(=O)OOC(C)(C)c2ccccc2)C=CC(C(=O)c2ccccc2)=CC1(C(=O)OOC(C)(C)c1ccccc1)C(=O)OOC(C)(C)c1ccccc1)c1ccccc1. The smallest absolute Gasteiger partial charge is 0.296 e. The number of allylic oxidation sites excluding steroid dienone is 2. The number of ketones is 1. The Bertz CT molecular complexity index is 2430. The maximum atomic E-state index is 15.4. The van der Waals surface area contributed by atoms with Crippen LogP contribution in [0.4, 0.5) is 0 Å². The zero-order valence-corrected chi connectivity index (χ0v) is 38.0. The van der Waals surface area contributed by atoms with Gasteiger partial charge in [-0.3, -0.25) is 24.3 Å². The highest BCUT2D eigenvalue weighted by atomic mass is 17.2. The molecule has 0 aliphatic heterocycles. The molecule has 5 aromatic rings. The van der Waals surface area contributed by atoms with Gasteiger partial charge in [0, 0.05) is 11.1 Å².